The minimum Gasteiger partial charge on any atom is -0.462 e. The molecule has 9 nitrogen and oxygen atoms in total. The number of allylic oxidation sites excluding steroid dienone is 22. The van der Waals surface area contributed by atoms with Gasteiger partial charge in [-0.2, -0.15) is 0 Å². The van der Waals surface area contributed by atoms with Crippen LogP contribution in [0.3, 0.4) is 0 Å². The first-order valence-electron chi connectivity index (χ1n) is 24.7. The summed E-state index contributed by atoms with van der Waals surface area (Å²) in [5, 5.41) is 0. The Morgan fingerprint density at radius 2 is 0.831 bits per heavy atom. The van der Waals surface area contributed by atoms with Crippen LogP contribution in [0.4, 0.5) is 0 Å². The summed E-state index contributed by atoms with van der Waals surface area (Å²) in [6.07, 6.45) is 69.3. The molecule has 65 heavy (non-hydrogen) atoms. The van der Waals surface area contributed by atoms with Gasteiger partial charge in [-0.1, -0.05) is 192 Å². The summed E-state index contributed by atoms with van der Waals surface area (Å²) in [7, 11) is -4.41. The molecular weight excluding hydrogens is 834 g/mol. The van der Waals surface area contributed by atoms with E-state index in [4.69, 9.17) is 24.3 Å². The number of esters is 2. The highest BCUT2D eigenvalue weighted by Gasteiger charge is 2.25. The fraction of sp³-hybridized carbons (Fsp3) is 0.564. The smallest absolute Gasteiger partial charge is 0.462 e. The van der Waals surface area contributed by atoms with E-state index in [0.717, 1.165) is 96.3 Å². The van der Waals surface area contributed by atoms with Gasteiger partial charge < -0.3 is 20.1 Å². The molecule has 0 saturated heterocycles. The molecule has 0 aliphatic carbocycles. The van der Waals surface area contributed by atoms with E-state index in [1.54, 1.807) is 0 Å². The van der Waals surface area contributed by atoms with Gasteiger partial charge in [0, 0.05) is 19.4 Å². The van der Waals surface area contributed by atoms with Crippen molar-refractivity contribution in [2.45, 2.75) is 174 Å². The van der Waals surface area contributed by atoms with Crippen LogP contribution in [0, 0.1) is 0 Å². The number of carbonyl (C=O) groups excluding carboxylic acids is 2. The highest BCUT2D eigenvalue weighted by atomic mass is 31.2. The van der Waals surface area contributed by atoms with E-state index >= 15 is 0 Å². The van der Waals surface area contributed by atoms with E-state index in [1.165, 1.54) is 32.1 Å². The molecule has 0 bridgehead atoms. The number of phosphoric acid groups is 1. The Morgan fingerprint density at radius 3 is 1.25 bits per heavy atom. The van der Waals surface area contributed by atoms with Gasteiger partial charge in [-0.05, 0) is 96.3 Å². The third-order valence-corrected chi connectivity index (χ3v) is 10.5. The van der Waals surface area contributed by atoms with Gasteiger partial charge in [0.15, 0.2) is 6.10 Å². The van der Waals surface area contributed by atoms with E-state index in [9.17, 15) is 19.0 Å². The largest absolute Gasteiger partial charge is 0.472 e. The molecule has 3 N–H and O–H groups in total. The van der Waals surface area contributed by atoms with Crippen LogP contribution < -0.4 is 5.73 Å². The SMILES string of the molecule is CC/C=C\C/C=C\C/C=C\C/C=C\C/C=C\C/C=C\CCC(=O)OC(COC(=O)CCCCCCCCCCC/C=C\C/C=C\C/C=C\C/C=C\C/C=C\CC)COP(=O)(O)OCCN. The number of rotatable bonds is 44. The number of hydrogen-bond donors (Lipinski definition) is 2. The Kier molecular flexibility index (Phi) is 46.6. The van der Waals surface area contributed by atoms with Crippen LogP contribution in [0.5, 0.6) is 0 Å². The number of carbonyl (C=O) groups is 2. The predicted molar refractivity (Wildman–Crippen MR) is 274 cm³/mol. The summed E-state index contributed by atoms with van der Waals surface area (Å²) in [5.74, 6) is -0.946. The molecule has 2 unspecified atom stereocenters. The third-order valence-electron chi connectivity index (χ3n) is 9.55. The second-order valence-corrected chi connectivity index (χ2v) is 17.0. The number of nitrogens with two attached hydrogens (primary N) is 1. The fourth-order valence-corrected chi connectivity index (χ4v) is 6.75. The molecule has 0 spiro atoms. The zero-order chi connectivity index (χ0) is 47.4. The molecule has 0 aromatic heterocycles. The molecule has 0 aromatic rings. The van der Waals surface area contributed by atoms with Crippen molar-refractivity contribution in [3.8, 4) is 0 Å². The number of phosphoric ester groups is 1. The van der Waals surface area contributed by atoms with Crippen molar-refractivity contribution in [3.05, 3.63) is 134 Å². The fourth-order valence-electron chi connectivity index (χ4n) is 5.98. The maximum atomic E-state index is 12.6. The van der Waals surface area contributed by atoms with Gasteiger partial charge in [0.1, 0.15) is 6.61 Å². The lowest BCUT2D eigenvalue weighted by Gasteiger charge is -2.19. The lowest BCUT2D eigenvalue weighted by molar-refractivity contribution is -0.161. The molecule has 0 aromatic carbocycles. The van der Waals surface area contributed by atoms with E-state index in [-0.39, 0.29) is 32.6 Å². The molecule has 0 fully saturated rings. The Bertz CT molecular complexity index is 1520. The second kappa shape index (κ2) is 49.6. The molecular formula is C55H88NO8P. The highest BCUT2D eigenvalue weighted by Crippen LogP contribution is 2.43. The van der Waals surface area contributed by atoms with Crippen molar-refractivity contribution in [1.29, 1.82) is 0 Å². The Morgan fingerprint density at radius 1 is 0.462 bits per heavy atom. The van der Waals surface area contributed by atoms with E-state index in [0.29, 0.717) is 12.8 Å². The molecule has 0 aliphatic heterocycles. The number of ether oxygens (including phenoxy) is 2. The van der Waals surface area contributed by atoms with E-state index in [1.807, 2.05) is 12.2 Å². The second-order valence-electron chi connectivity index (χ2n) is 15.6. The summed E-state index contributed by atoms with van der Waals surface area (Å²) in [6.45, 7) is 3.39. The average molecular weight is 922 g/mol. The summed E-state index contributed by atoms with van der Waals surface area (Å²) in [5.41, 5.74) is 5.36. The lowest BCUT2D eigenvalue weighted by Crippen LogP contribution is -2.29. The van der Waals surface area contributed by atoms with Gasteiger partial charge in [-0.3, -0.25) is 18.6 Å². The molecule has 0 radical (unpaired) electrons. The highest BCUT2D eigenvalue weighted by molar-refractivity contribution is 7.47. The summed E-state index contributed by atoms with van der Waals surface area (Å²) >= 11 is 0. The van der Waals surface area contributed by atoms with Crippen LogP contribution in [-0.2, 0) is 32.7 Å². The molecule has 0 rings (SSSR count). The molecule has 0 saturated carbocycles. The van der Waals surface area contributed by atoms with Crippen molar-refractivity contribution < 1.29 is 37.6 Å². The number of hydrogen-bond acceptors (Lipinski definition) is 8. The van der Waals surface area contributed by atoms with Crippen molar-refractivity contribution in [2.75, 3.05) is 26.4 Å². The Labute approximate surface area is 395 Å². The molecule has 10 heteroatoms. The first-order valence-corrected chi connectivity index (χ1v) is 26.2. The average Bonchev–Trinajstić information content (AvgIpc) is 3.30. The van der Waals surface area contributed by atoms with Crippen molar-refractivity contribution in [3.63, 3.8) is 0 Å². The van der Waals surface area contributed by atoms with Gasteiger partial charge >= 0.3 is 19.8 Å². The molecule has 2 atom stereocenters. The van der Waals surface area contributed by atoms with Crippen LogP contribution in [0.25, 0.3) is 0 Å². The van der Waals surface area contributed by atoms with Gasteiger partial charge in [0.2, 0.25) is 0 Å². The maximum absolute atomic E-state index is 12.6. The van der Waals surface area contributed by atoms with Gasteiger partial charge in [-0.15, -0.1) is 0 Å². The minimum absolute atomic E-state index is 0.0332. The van der Waals surface area contributed by atoms with E-state index in [2.05, 4.69) is 135 Å². The molecule has 0 amide bonds. The first kappa shape index (κ1) is 61.1. The van der Waals surface area contributed by atoms with Crippen molar-refractivity contribution in [2.24, 2.45) is 5.73 Å². The number of unbranched alkanes of at least 4 members (excludes halogenated alkanes) is 9. The third kappa shape index (κ3) is 49.4. The quantitative estimate of drug-likeness (QED) is 0.0265. The predicted octanol–water partition coefficient (Wildman–Crippen LogP) is 15.1. The zero-order valence-corrected chi connectivity index (χ0v) is 41.3. The Balaban J connectivity index is 4.20. The van der Waals surface area contributed by atoms with Crippen LogP contribution in [-0.4, -0.2) is 49.3 Å². The topological polar surface area (TPSA) is 134 Å². The monoisotopic (exact) mass is 922 g/mol. The van der Waals surface area contributed by atoms with Crippen LogP contribution in [0.15, 0.2) is 134 Å². The molecule has 0 aliphatic rings. The van der Waals surface area contributed by atoms with Crippen molar-refractivity contribution >= 4 is 19.8 Å². The zero-order valence-electron chi connectivity index (χ0n) is 40.4. The van der Waals surface area contributed by atoms with Crippen molar-refractivity contribution in [1.82, 2.24) is 0 Å². The minimum atomic E-state index is -4.41. The van der Waals surface area contributed by atoms with Crippen LogP contribution in [0.2, 0.25) is 0 Å². The van der Waals surface area contributed by atoms with Crippen LogP contribution in [0.1, 0.15) is 168 Å². The van der Waals surface area contributed by atoms with E-state index < -0.39 is 32.5 Å². The summed E-state index contributed by atoms with van der Waals surface area (Å²) in [4.78, 5) is 35.0. The van der Waals surface area contributed by atoms with Gasteiger partial charge in [0.25, 0.3) is 0 Å². The Hall–Kier alpha value is -3.85. The molecule has 0 heterocycles. The lowest BCUT2D eigenvalue weighted by atomic mass is 10.1. The first-order chi connectivity index (χ1) is 31.8. The molecule has 366 valence electrons. The van der Waals surface area contributed by atoms with Crippen LogP contribution >= 0.6 is 7.82 Å². The van der Waals surface area contributed by atoms with Gasteiger partial charge in [-0.25, -0.2) is 4.57 Å². The maximum Gasteiger partial charge on any atom is 0.472 e. The summed E-state index contributed by atoms with van der Waals surface area (Å²) < 4.78 is 32.8. The standard InChI is InChI=1S/C55H88NO8P/c1-3-5-7-9-11-13-15-17-19-21-23-24-25-26-27-28-30-31-33-35-37-39-41-43-45-47-54(57)61-51-53(52-63-65(59,60)62-50-49-56)64-55(58)48-46-44-42-40-38-36-34-32-29-22-20-18-16-14-12-10-8-6-4-2/h5-8,11-14,17-20,23-24,26-27,29,32,36,38,42,44,53H,3-4,9-10,15-16,21-22,25,28,30-31,33-35,37,39-41,43,45-52,56H2,1-2H3,(H,59,60)/b7-5-,8-6-,13-11-,14-12-,19-17-,20-18-,24-23-,27-26-,32-29-,38-36-,44-42-. The summed E-state index contributed by atoms with van der Waals surface area (Å²) in [6, 6.07) is 0. The van der Waals surface area contributed by atoms with Gasteiger partial charge in [0.05, 0.1) is 13.2 Å². The normalized spacial score (nSPS) is 14.3.